The van der Waals surface area contributed by atoms with Gasteiger partial charge in [0.15, 0.2) is 5.76 Å². The van der Waals surface area contributed by atoms with E-state index in [1.54, 1.807) is 18.0 Å². The zero-order valence-electron chi connectivity index (χ0n) is 17.9. The molecule has 31 heavy (non-hydrogen) atoms. The normalized spacial score (nSPS) is 17.2. The maximum Gasteiger partial charge on any atom is 0.321 e. The lowest BCUT2D eigenvalue weighted by atomic mass is 10.2. The highest BCUT2D eigenvalue weighted by Gasteiger charge is 2.30. The summed E-state index contributed by atoms with van der Waals surface area (Å²) < 4.78 is 5.91. The fourth-order valence-corrected chi connectivity index (χ4v) is 4.33. The molecule has 0 amide bonds. The van der Waals surface area contributed by atoms with Crippen molar-refractivity contribution in [3.63, 3.8) is 0 Å². The van der Waals surface area contributed by atoms with Gasteiger partial charge < -0.3 is 14.7 Å². The summed E-state index contributed by atoms with van der Waals surface area (Å²) in [5.74, 6) is 1.92. The summed E-state index contributed by atoms with van der Waals surface area (Å²) in [7, 11) is 0. The highest BCUT2D eigenvalue weighted by molar-refractivity contribution is 7.99. The first kappa shape index (κ1) is 22.9. The zero-order chi connectivity index (χ0) is 22.1. The molecular formula is C24H28N2O4S. The summed E-state index contributed by atoms with van der Waals surface area (Å²) in [4.78, 5) is 18.9. The smallest absolute Gasteiger partial charge is 0.321 e. The SMILES string of the molecule is CC/C=C(/COc1cccc(CN2CSC[C@H]2C(=O)O)c1)O/N=C/c1ccc(C)cc1. The molecule has 2 aromatic carbocycles. The number of aryl methyl sites for hydroxylation is 1. The van der Waals surface area contributed by atoms with Crippen molar-refractivity contribution in [2.45, 2.75) is 32.9 Å². The first-order chi connectivity index (χ1) is 15.0. The van der Waals surface area contributed by atoms with Crippen molar-refractivity contribution in [3.05, 3.63) is 77.1 Å². The van der Waals surface area contributed by atoms with Crippen molar-refractivity contribution in [1.29, 1.82) is 0 Å². The van der Waals surface area contributed by atoms with Crippen LogP contribution in [0, 0.1) is 6.92 Å². The van der Waals surface area contributed by atoms with Gasteiger partial charge >= 0.3 is 5.97 Å². The molecule has 0 unspecified atom stereocenters. The molecule has 164 valence electrons. The lowest BCUT2D eigenvalue weighted by Gasteiger charge is -2.20. The number of ether oxygens (including phenoxy) is 1. The number of carboxylic acid groups (broad SMARTS) is 1. The van der Waals surface area contributed by atoms with Crippen LogP contribution in [0.3, 0.4) is 0 Å². The van der Waals surface area contributed by atoms with Gasteiger partial charge in [0.1, 0.15) is 18.4 Å². The molecule has 1 fully saturated rings. The molecule has 2 aromatic rings. The Morgan fingerprint density at radius 2 is 2.10 bits per heavy atom. The minimum absolute atomic E-state index is 0.264. The van der Waals surface area contributed by atoms with Gasteiger partial charge in [-0.15, -0.1) is 11.8 Å². The molecule has 0 spiro atoms. The second-order valence-corrected chi connectivity index (χ2v) is 8.35. The first-order valence-corrected chi connectivity index (χ1v) is 11.4. The fourth-order valence-electron chi connectivity index (χ4n) is 3.14. The zero-order valence-corrected chi connectivity index (χ0v) is 18.7. The molecule has 3 rings (SSSR count). The Hall–Kier alpha value is -2.77. The number of hydrogen-bond donors (Lipinski definition) is 1. The van der Waals surface area contributed by atoms with Crippen LogP contribution in [0.5, 0.6) is 5.75 Å². The number of benzene rings is 2. The molecule has 0 aromatic heterocycles. The van der Waals surface area contributed by atoms with Crippen LogP contribution in [0.25, 0.3) is 0 Å². The van der Waals surface area contributed by atoms with Crippen molar-refractivity contribution in [1.82, 2.24) is 4.90 Å². The lowest BCUT2D eigenvalue weighted by Crippen LogP contribution is -2.37. The molecule has 7 heteroatoms. The van der Waals surface area contributed by atoms with Gasteiger partial charge in [-0.3, -0.25) is 9.69 Å². The van der Waals surface area contributed by atoms with Crippen LogP contribution in [-0.2, 0) is 16.2 Å². The van der Waals surface area contributed by atoms with Crippen molar-refractivity contribution in [2.75, 3.05) is 18.2 Å². The molecule has 0 bridgehead atoms. The summed E-state index contributed by atoms with van der Waals surface area (Å²) in [6, 6.07) is 15.3. The van der Waals surface area contributed by atoms with Gasteiger partial charge in [-0.1, -0.05) is 54.0 Å². The van der Waals surface area contributed by atoms with E-state index in [0.29, 0.717) is 23.8 Å². The van der Waals surface area contributed by atoms with E-state index >= 15 is 0 Å². The van der Waals surface area contributed by atoms with Gasteiger partial charge in [-0.2, -0.15) is 0 Å². The molecule has 0 radical (unpaired) electrons. The quantitative estimate of drug-likeness (QED) is 0.329. The Kier molecular flexibility index (Phi) is 8.55. The summed E-state index contributed by atoms with van der Waals surface area (Å²) in [5, 5.41) is 13.4. The lowest BCUT2D eigenvalue weighted by molar-refractivity contribution is -0.141. The van der Waals surface area contributed by atoms with Gasteiger partial charge in [0.25, 0.3) is 0 Å². The van der Waals surface area contributed by atoms with Crippen LogP contribution in [-0.4, -0.2) is 46.5 Å². The average molecular weight is 441 g/mol. The molecule has 0 saturated carbocycles. The standard InChI is InChI=1S/C24H28N2O4S/c1-3-5-22(30-25-13-19-10-8-18(2)9-11-19)15-29-21-7-4-6-20(12-21)14-26-17-31-16-23(26)24(27)28/h4-13,23H,3,14-17H2,1-2H3,(H,27,28)/b22-5-,25-13+/t23-/m0/s1. The number of rotatable bonds is 10. The minimum atomic E-state index is -0.768. The molecule has 1 aliphatic heterocycles. The van der Waals surface area contributed by atoms with Crippen molar-refractivity contribution < 1.29 is 19.5 Å². The van der Waals surface area contributed by atoms with Gasteiger partial charge in [-0.05, 0) is 42.7 Å². The number of thioether (sulfide) groups is 1. The van der Waals surface area contributed by atoms with E-state index in [1.807, 2.05) is 73.4 Å². The van der Waals surface area contributed by atoms with E-state index in [9.17, 15) is 9.90 Å². The summed E-state index contributed by atoms with van der Waals surface area (Å²) in [6.45, 7) is 4.91. The molecule has 1 N–H and O–H groups in total. The molecule has 1 atom stereocenters. The Morgan fingerprint density at radius 3 is 2.84 bits per heavy atom. The summed E-state index contributed by atoms with van der Waals surface area (Å²) >= 11 is 1.64. The number of allylic oxidation sites excluding steroid dienone is 1. The van der Waals surface area contributed by atoms with Gasteiger partial charge in [-0.25, -0.2) is 0 Å². The average Bonchev–Trinajstić information content (AvgIpc) is 3.22. The minimum Gasteiger partial charge on any atom is -0.486 e. The number of aliphatic carboxylic acids is 1. The van der Waals surface area contributed by atoms with E-state index in [0.717, 1.165) is 23.4 Å². The maximum atomic E-state index is 11.4. The van der Waals surface area contributed by atoms with Crippen molar-refractivity contribution in [3.8, 4) is 5.75 Å². The maximum absolute atomic E-state index is 11.4. The number of oxime groups is 1. The predicted molar refractivity (Wildman–Crippen MR) is 124 cm³/mol. The van der Waals surface area contributed by atoms with Crippen LogP contribution >= 0.6 is 11.8 Å². The fraction of sp³-hybridized carbons (Fsp3) is 0.333. The third-order valence-electron chi connectivity index (χ3n) is 4.80. The van der Waals surface area contributed by atoms with Crippen molar-refractivity contribution in [2.24, 2.45) is 5.16 Å². The Bertz CT molecular complexity index is 927. The summed E-state index contributed by atoms with van der Waals surface area (Å²) in [5.41, 5.74) is 3.18. The third kappa shape index (κ3) is 7.15. The van der Waals surface area contributed by atoms with Crippen LogP contribution in [0.15, 0.2) is 65.5 Å². The van der Waals surface area contributed by atoms with E-state index < -0.39 is 12.0 Å². The second-order valence-electron chi connectivity index (χ2n) is 7.35. The number of carboxylic acids is 1. The molecule has 1 heterocycles. The second kappa shape index (κ2) is 11.6. The van der Waals surface area contributed by atoms with Gasteiger partial charge in [0.05, 0.1) is 6.21 Å². The summed E-state index contributed by atoms with van der Waals surface area (Å²) in [6.07, 6.45) is 4.42. The number of nitrogens with zero attached hydrogens (tertiary/aromatic N) is 2. The van der Waals surface area contributed by atoms with Gasteiger partial charge in [0, 0.05) is 18.2 Å². The molecule has 1 aliphatic rings. The van der Waals surface area contributed by atoms with Crippen LogP contribution < -0.4 is 4.74 Å². The third-order valence-corrected chi connectivity index (χ3v) is 5.87. The van der Waals surface area contributed by atoms with Crippen LogP contribution in [0.4, 0.5) is 0 Å². The van der Waals surface area contributed by atoms with E-state index in [2.05, 4.69) is 5.16 Å². The van der Waals surface area contributed by atoms with Crippen LogP contribution in [0.1, 0.15) is 30.0 Å². The first-order valence-electron chi connectivity index (χ1n) is 10.3. The molecule has 6 nitrogen and oxygen atoms in total. The molecule has 1 saturated heterocycles. The van der Waals surface area contributed by atoms with E-state index in [1.165, 1.54) is 5.56 Å². The molecular weight excluding hydrogens is 412 g/mol. The number of hydrogen-bond acceptors (Lipinski definition) is 6. The number of carbonyl (C=O) groups is 1. The Balaban J connectivity index is 1.55. The Labute approximate surface area is 187 Å². The highest BCUT2D eigenvalue weighted by Crippen LogP contribution is 2.24. The largest absolute Gasteiger partial charge is 0.486 e. The topological polar surface area (TPSA) is 71.4 Å². The monoisotopic (exact) mass is 440 g/mol. The van der Waals surface area contributed by atoms with E-state index in [-0.39, 0.29) is 6.61 Å². The Morgan fingerprint density at radius 1 is 1.29 bits per heavy atom. The van der Waals surface area contributed by atoms with Gasteiger partial charge in [0.2, 0.25) is 0 Å². The van der Waals surface area contributed by atoms with E-state index in [4.69, 9.17) is 9.57 Å². The van der Waals surface area contributed by atoms with Crippen molar-refractivity contribution >= 4 is 23.9 Å². The highest BCUT2D eigenvalue weighted by atomic mass is 32.2. The molecule has 0 aliphatic carbocycles. The predicted octanol–water partition coefficient (Wildman–Crippen LogP) is 4.68. The van der Waals surface area contributed by atoms with Crippen LogP contribution in [0.2, 0.25) is 0 Å².